The second-order valence-corrected chi connectivity index (χ2v) is 7.43. The van der Waals surface area contributed by atoms with E-state index < -0.39 is 0 Å². The summed E-state index contributed by atoms with van der Waals surface area (Å²) >= 11 is 0. The van der Waals surface area contributed by atoms with Gasteiger partial charge in [-0.2, -0.15) is 0 Å². The van der Waals surface area contributed by atoms with Gasteiger partial charge in [-0.15, -0.1) is 0 Å². The molecule has 2 heterocycles. The van der Waals surface area contributed by atoms with Crippen molar-refractivity contribution >= 4 is 27.6 Å². The van der Waals surface area contributed by atoms with Gasteiger partial charge in [0.05, 0.1) is 11.6 Å². The van der Waals surface area contributed by atoms with Crippen LogP contribution in [0.25, 0.3) is 32.8 Å². The Labute approximate surface area is 167 Å². The topological polar surface area (TPSA) is 45.5 Å². The Hall–Kier alpha value is -3.60. The lowest BCUT2D eigenvalue weighted by Gasteiger charge is -2.39. The number of phenolic OH excluding ortho intramolecular Hbond substituents is 1. The number of hydrogen-bond acceptors (Lipinski definition) is 2. The maximum atomic E-state index is 15.2. The van der Waals surface area contributed by atoms with Gasteiger partial charge in [0.25, 0.3) is 0 Å². The van der Waals surface area contributed by atoms with Crippen molar-refractivity contribution < 1.29 is 14.3 Å². The summed E-state index contributed by atoms with van der Waals surface area (Å²) in [5.74, 6) is -0.266. The number of aromatic nitrogens is 1. The van der Waals surface area contributed by atoms with Crippen LogP contribution in [0.1, 0.15) is 6.04 Å². The lowest BCUT2D eigenvalue weighted by atomic mass is 9.96. The number of nitrogens with zero attached hydrogens (tertiary/aromatic N) is 2. The predicted molar refractivity (Wildman–Crippen MR) is 112 cm³/mol. The summed E-state index contributed by atoms with van der Waals surface area (Å²) in [5, 5.41) is 12.8. The largest absolute Gasteiger partial charge is 0.508 e. The fourth-order valence-electron chi connectivity index (χ4n) is 4.19. The van der Waals surface area contributed by atoms with Crippen molar-refractivity contribution in [3.05, 3.63) is 79.3 Å². The zero-order valence-corrected chi connectivity index (χ0v) is 15.7. The second kappa shape index (κ2) is 6.48. The fraction of sp³-hybridized carbons (Fsp3) is 0.125. The van der Waals surface area contributed by atoms with E-state index in [9.17, 15) is 9.90 Å². The highest BCUT2D eigenvalue weighted by molar-refractivity contribution is 6.00. The molecular formula is C24H19FN2O2. The van der Waals surface area contributed by atoms with Crippen molar-refractivity contribution in [1.29, 1.82) is 0 Å². The fourth-order valence-corrected chi connectivity index (χ4v) is 4.19. The third kappa shape index (κ3) is 2.78. The monoisotopic (exact) mass is 386 g/mol. The molecule has 1 aliphatic heterocycles. The Kier molecular flexibility index (Phi) is 3.91. The summed E-state index contributed by atoms with van der Waals surface area (Å²) in [6.45, 7) is 4.60. The van der Waals surface area contributed by atoms with E-state index in [0.717, 1.165) is 27.3 Å². The standard InChI is InChI=1S/C24H19FN2O2/c1-2-23(29)26-13-18(14-26)27-8-7-16-9-17(11-22(25)24(16)27)21-12-19(28)10-15-5-3-4-6-20(15)21/h2-12,18,28H,1,13-14H2. The van der Waals surface area contributed by atoms with Crippen LogP contribution in [0.15, 0.2) is 73.4 Å². The maximum absolute atomic E-state index is 15.2. The van der Waals surface area contributed by atoms with Crippen LogP contribution in [0.4, 0.5) is 4.39 Å². The minimum absolute atomic E-state index is 0.0540. The molecule has 29 heavy (non-hydrogen) atoms. The number of amides is 1. The predicted octanol–water partition coefficient (Wildman–Crippen LogP) is 4.88. The molecule has 1 fully saturated rings. The maximum Gasteiger partial charge on any atom is 0.246 e. The number of likely N-dealkylation sites (tertiary alicyclic amines) is 1. The third-order valence-corrected chi connectivity index (χ3v) is 5.67. The van der Waals surface area contributed by atoms with E-state index in [2.05, 4.69) is 6.58 Å². The Morgan fingerprint density at radius 2 is 1.90 bits per heavy atom. The smallest absolute Gasteiger partial charge is 0.246 e. The normalized spacial score (nSPS) is 14.3. The number of fused-ring (bicyclic) bond motifs is 2. The van der Waals surface area contributed by atoms with Gasteiger partial charge < -0.3 is 14.6 Å². The van der Waals surface area contributed by atoms with Crippen LogP contribution in [0.5, 0.6) is 5.75 Å². The van der Waals surface area contributed by atoms with Crippen molar-refractivity contribution in [3.8, 4) is 16.9 Å². The van der Waals surface area contributed by atoms with Gasteiger partial charge in [0.1, 0.15) is 11.6 Å². The molecule has 0 aliphatic carbocycles. The molecule has 1 saturated heterocycles. The number of halogens is 1. The molecule has 0 saturated carbocycles. The zero-order valence-electron chi connectivity index (χ0n) is 15.7. The molecule has 1 aromatic heterocycles. The van der Waals surface area contributed by atoms with Gasteiger partial charge in [-0.3, -0.25) is 4.79 Å². The van der Waals surface area contributed by atoms with Crippen molar-refractivity contribution in [2.24, 2.45) is 0 Å². The van der Waals surface area contributed by atoms with E-state index in [4.69, 9.17) is 0 Å². The number of aromatic hydroxyl groups is 1. The molecule has 1 aliphatic rings. The van der Waals surface area contributed by atoms with E-state index >= 15 is 4.39 Å². The van der Waals surface area contributed by atoms with Gasteiger partial charge in [0, 0.05) is 24.7 Å². The van der Waals surface area contributed by atoms with Crippen molar-refractivity contribution in [2.75, 3.05) is 13.1 Å². The lowest BCUT2D eigenvalue weighted by molar-refractivity contribution is -0.131. The van der Waals surface area contributed by atoms with Crippen LogP contribution in [0.3, 0.4) is 0 Å². The summed E-state index contributed by atoms with van der Waals surface area (Å²) in [4.78, 5) is 13.4. The molecule has 0 atom stereocenters. The van der Waals surface area contributed by atoms with Gasteiger partial charge >= 0.3 is 0 Å². The van der Waals surface area contributed by atoms with Crippen LogP contribution in [0, 0.1) is 5.82 Å². The van der Waals surface area contributed by atoms with E-state index in [0.29, 0.717) is 18.6 Å². The Bertz CT molecular complexity index is 1290. The molecular weight excluding hydrogens is 367 g/mol. The highest BCUT2D eigenvalue weighted by Crippen LogP contribution is 2.36. The van der Waals surface area contributed by atoms with Gasteiger partial charge in [-0.25, -0.2) is 4.39 Å². The molecule has 5 heteroatoms. The Morgan fingerprint density at radius 3 is 2.69 bits per heavy atom. The zero-order chi connectivity index (χ0) is 20.1. The second-order valence-electron chi connectivity index (χ2n) is 7.43. The van der Waals surface area contributed by atoms with E-state index in [1.54, 1.807) is 17.0 Å². The summed E-state index contributed by atoms with van der Waals surface area (Å²) in [6.07, 6.45) is 3.18. The minimum Gasteiger partial charge on any atom is -0.508 e. The van der Waals surface area contributed by atoms with Crippen molar-refractivity contribution in [2.45, 2.75) is 6.04 Å². The van der Waals surface area contributed by atoms with Crippen molar-refractivity contribution in [3.63, 3.8) is 0 Å². The van der Waals surface area contributed by atoms with Crippen LogP contribution >= 0.6 is 0 Å². The number of benzene rings is 3. The van der Waals surface area contributed by atoms with Crippen LogP contribution in [-0.2, 0) is 4.79 Å². The molecule has 5 rings (SSSR count). The molecule has 1 amide bonds. The number of carbonyl (C=O) groups excluding carboxylic acids is 1. The SMILES string of the molecule is C=CC(=O)N1CC(n2ccc3cc(-c4cc(O)cc5ccccc45)cc(F)c32)C1. The molecule has 1 N–H and O–H groups in total. The summed E-state index contributed by atoms with van der Waals surface area (Å²) in [6, 6.07) is 16.5. The van der Waals surface area contributed by atoms with Gasteiger partial charge in [0.2, 0.25) is 5.91 Å². The quantitative estimate of drug-likeness (QED) is 0.510. The number of rotatable bonds is 3. The average molecular weight is 386 g/mol. The number of carbonyl (C=O) groups is 1. The first-order valence-corrected chi connectivity index (χ1v) is 9.48. The van der Waals surface area contributed by atoms with Gasteiger partial charge in [-0.1, -0.05) is 30.8 Å². The molecule has 144 valence electrons. The minimum atomic E-state index is -0.316. The molecule has 3 aromatic carbocycles. The Morgan fingerprint density at radius 1 is 1.10 bits per heavy atom. The molecule has 0 unspecified atom stereocenters. The van der Waals surface area contributed by atoms with E-state index in [-0.39, 0.29) is 23.5 Å². The van der Waals surface area contributed by atoms with Gasteiger partial charge in [-0.05, 0) is 58.3 Å². The average Bonchev–Trinajstić information content (AvgIpc) is 3.10. The summed E-state index contributed by atoms with van der Waals surface area (Å²) in [7, 11) is 0. The number of hydrogen-bond donors (Lipinski definition) is 1. The lowest BCUT2D eigenvalue weighted by Crippen LogP contribution is -2.49. The number of phenols is 1. The molecule has 0 radical (unpaired) electrons. The highest BCUT2D eigenvalue weighted by Gasteiger charge is 2.31. The van der Waals surface area contributed by atoms with Crippen LogP contribution < -0.4 is 0 Å². The summed E-state index contributed by atoms with van der Waals surface area (Å²) < 4.78 is 17.1. The first kappa shape index (κ1) is 17.5. The molecule has 0 bridgehead atoms. The van der Waals surface area contributed by atoms with Crippen LogP contribution in [-0.4, -0.2) is 33.6 Å². The highest BCUT2D eigenvalue weighted by atomic mass is 19.1. The van der Waals surface area contributed by atoms with E-state index in [1.165, 1.54) is 12.1 Å². The first-order chi connectivity index (χ1) is 14.0. The van der Waals surface area contributed by atoms with E-state index in [1.807, 2.05) is 47.2 Å². The first-order valence-electron chi connectivity index (χ1n) is 9.48. The molecule has 4 nitrogen and oxygen atoms in total. The van der Waals surface area contributed by atoms with Crippen LogP contribution in [0.2, 0.25) is 0 Å². The molecule has 0 spiro atoms. The summed E-state index contributed by atoms with van der Waals surface area (Å²) in [5.41, 5.74) is 2.05. The van der Waals surface area contributed by atoms with Gasteiger partial charge in [0.15, 0.2) is 0 Å². The molecule has 4 aromatic rings. The van der Waals surface area contributed by atoms with Crippen molar-refractivity contribution in [1.82, 2.24) is 9.47 Å². The third-order valence-electron chi connectivity index (χ3n) is 5.67. The Balaban J connectivity index is 1.58.